The summed E-state index contributed by atoms with van der Waals surface area (Å²) in [4.78, 5) is 4.50. The van der Waals surface area contributed by atoms with Crippen molar-refractivity contribution in [3.63, 3.8) is 0 Å². The zero-order valence-electron chi connectivity index (χ0n) is 9.64. The Bertz CT molecular complexity index is 663. The fourth-order valence-corrected chi connectivity index (χ4v) is 6.03. The SMILES string of the molecule is [CH3][Sn]([CH3])[c]1cccc2c(S(=O)(=O)O)cccc12. The van der Waals surface area contributed by atoms with Gasteiger partial charge in [-0.15, -0.1) is 0 Å². The predicted octanol–water partition coefficient (Wildman–Crippen LogP) is 2.05. The van der Waals surface area contributed by atoms with Gasteiger partial charge in [-0.05, 0) is 0 Å². The molecule has 0 unspecified atom stereocenters. The molecule has 0 saturated heterocycles. The summed E-state index contributed by atoms with van der Waals surface area (Å²) in [6.45, 7) is 0. The molecule has 3 nitrogen and oxygen atoms in total. The molecule has 0 bridgehead atoms. The van der Waals surface area contributed by atoms with Crippen LogP contribution in [0.3, 0.4) is 0 Å². The monoisotopic (exact) mass is 357 g/mol. The van der Waals surface area contributed by atoms with Gasteiger partial charge in [0, 0.05) is 0 Å². The van der Waals surface area contributed by atoms with E-state index >= 15 is 0 Å². The molecule has 0 atom stereocenters. The van der Waals surface area contributed by atoms with Crippen molar-refractivity contribution < 1.29 is 13.0 Å². The third-order valence-corrected chi connectivity index (χ3v) is 7.93. The molecule has 1 N–H and O–H groups in total. The van der Waals surface area contributed by atoms with Gasteiger partial charge in [-0.1, -0.05) is 0 Å². The summed E-state index contributed by atoms with van der Waals surface area (Å²) in [7, 11) is -4.15. The van der Waals surface area contributed by atoms with Crippen molar-refractivity contribution in [1.82, 2.24) is 0 Å². The molecule has 0 saturated carbocycles. The van der Waals surface area contributed by atoms with Gasteiger partial charge in [-0.25, -0.2) is 0 Å². The molecule has 0 aliphatic heterocycles. The van der Waals surface area contributed by atoms with Crippen molar-refractivity contribution in [1.29, 1.82) is 0 Å². The van der Waals surface area contributed by atoms with Crippen LogP contribution in [0, 0.1) is 0 Å². The van der Waals surface area contributed by atoms with Crippen LogP contribution in [0.5, 0.6) is 0 Å². The Morgan fingerprint density at radius 3 is 2.18 bits per heavy atom. The third kappa shape index (κ3) is 2.48. The molecule has 2 rings (SSSR count). The first kappa shape index (κ1) is 12.9. The van der Waals surface area contributed by atoms with Gasteiger partial charge in [0.1, 0.15) is 0 Å². The first-order chi connectivity index (χ1) is 7.91. The summed E-state index contributed by atoms with van der Waals surface area (Å²) in [5.74, 6) is 0. The van der Waals surface area contributed by atoms with E-state index in [0.29, 0.717) is 5.39 Å². The van der Waals surface area contributed by atoms with E-state index in [9.17, 15) is 13.0 Å². The van der Waals surface area contributed by atoms with Crippen LogP contribution < -0.4 is 3.58 Å². The van der Waals surface area contributed by atoms with E-state index in [4.69, 9.17) is 0 Å². The van der Waals surface area contributed by atoms with Gasteiger partial charge >= 0.3 is 108 Å². The normalized spacial score (nSPS) is 12.2. The number of hydrogen-bond donors (Lipinski definition) is 1. The van der Waals surface area contributed by atoms with Gasteiger partial charge in [-0.3, -0.25) is 0 Å². The second kappa shape index (κ2) is 4.59. The molecule has 1 radical (unpaired) electrons. The molecule has 2 aromatic rings. The molecule has 0 spiro atoms. The fourth-order valence-electron chi connectivity index (χ4n) is 1.94. The van der Waals surface area contributed by atoms with Crippen LogP contribution in [-0.4, -0.2) is 32.7 Å². The Labute approximate surface area is 108 Å². The average Bonchev–Trinajstić information content (AvgIpc) is 2.26. The van der Waals surface area contributed by atoms with E-state index in [1.165, 1.54) is 9.65 Å². The zero-order valence-corrected chi connectivity index (χ0v) is 13.3. The van der Waals surface area contributed by atoms with Crippen molar-refractivity contribution in [2.45, 2.75) is 14.8 Å². The Hall–Kier alpha value is -0.591. The van der Waals surface area contributed by atoms with Crippen LogP contribution in [0.2, 0.25) is 9.88 Å². The second-order valence-electron chi connectivity index (χ2n) is 4.13. The van der Waals surface area contributed by atoms with Gasteiger partial charge in [-0.2, -0.15) is 0 Å². The van der Waals surface area contributed by atoms with Crippen molar-refractivity contribution in [3.8, 4) is 0 Å². The molecule has 0 amide bonds. The molecule has 0 aromatic heterocycles. The van der Waals surface area contributed by atoms with Gasteiger partial charge in [0.15, 0.2) is 0 Å². The summed E-state index contributed by atoms with van der Waals surface area (Å²) < 4.78 is 33.1. The first-order valence-corrected chi connectivity index (χ1v) is 13.8. The van der Waals surface area contributed by atoms with Crippen LogP contribution in [0.1, 0.15) is 0 Å². The molecule has 0 heterocycles. The van der Waals surface area contributed by atoms with Crippen LogP contribution >= 0.6 is 0 Å². The number of fused-ring (bicyclic) bond motifs is 1. The Morgan fingerprint density at radius 1 is 1.00 bits per heavy atom. The van der Waals surface area contributed by atoms with E-state index in [1.54, 1.807) is 12.1 Å². The summed E-state index contributed by atoms with van der Waals surface area (Å²) in [5, 5.41) is 1.58. The molecule has 5 heteroatoms. The standard InChI is InChI=1S/C10H7O3S.2CH3.Sn/c11-14(12,13)10-7-3-5-8-4-1-2-6-9(8)10;;;/h1-3,5-7H,(H,11,12,13);2*1H3;. The van der Waals surface area contributed by atoms with Crippen molar-refractivity contribution in [2.75, 3.05) is 0 Å². The van der Waals surface area contributed by atoms with E-state index in [2.05, 4.69) is 15.9 Å². The van der Waals surface area contributed by atoms with Crippen LogP contribution in [0.4, 0.5) is 0 Å². The molecule has 0 aliphatic rings. The maximum atomic E-state index is 11.3. The molecular weight excluding hydrogens is 343 g/mol. The minimum absolute atomic E-state index is 0.00137. The summed E-state index contributed by atoms with van der Waals surface area (Å²) in [6.07, 6.45) is 0. The topological polar surface area (TPSA) is 54.4 Å². The molecule has 0 fully saturated rings. The van der Waals surface area contributed by atoms with Crippen molar-refractivity contribution in [3.05, 3.63) is 36.4 Å². The summed E-state index contributed by atoms with van der Waals surface area (Å²) >= 11 is -1.58. The second-order valence-corrected chi connectivity index (χ2v) is 12.8. The number of rotatable bonds is 2. The van der Waals surface area contributed by atoms with E-state index in [-0.39, 0.29) is 4.90 Å². The minimum atomic E-state index is -4.15. The van der Waals surface area contributed by atoms with Gasteiger partial charge in [0.05, 0.1) is 0 Å². The van der Waals surface area contributed by atoms with Crippen LogP contribution in [0.15, 0.2) is 41.3 Å². The first-order valence-electron chi connectivity index (χ1n) is 5.21. The Morgan fingerprint density at radius 2 is 1.59 bits per heavy atom. The number of benzene rings is 2. The van der Waals surface area contributed by atoms with Crippen molar-refractivity contribution >= 4 is 44.2 Å². The van der Waals surface area contributed by atoms with E-state index in [1.807, 2.05) is 12.1 Å². The Balaban J connectivity index is 2.89. The molecule has 89 valence electrons. The molecule has 17 heavy (non-hydrogen) atoms. The average molecular weight is 356 g/mol. The molecule has 0 aliphatic carbocycles. The Kier molecular flexibility index (Phi) is 3.47. The van der Waals surface area contributed by atoms with Gasteiger partial charge < -0.3 is 0 Å². The summed E-state index contributed by atoms with van der Waals surface area (Å²) in [6, 6.07) is 10.7. The fraction of sp³-hybridized carbons (Fsp3) is 0.167. The van der Waals surface area contributed by atoms with Gasteiger partial charge in [0.25, 0.3) is 0 Å². The van der Waals surface area contributed by atoms with Crippen molar-refractivity contribution in [2.24, 2.45) is 0 Å². The summed E-state index contributed by atoms with van der Waals surface area (Å²) in [5.41, 5.74) is 0. The zero-order chi connectivity index (χ0) is 12.6. The van der Waals surface area contributed by atoms with Crippen LogP contribution in [-0.2, 0) is 10.1 Å². The van der Waals surface area contributed by atoms with E-state index < -0.39 is 29.9 Å². The quantitative estimate of drug-likeness (QED) is 0.662. The van der Waals surface area contributed by atoms with Gasteiger partial charge in [0.2, 0.25) is 0 Å². The van der Waals surface area contributed by atoms with Crippen LogP contribution in [0.25, 0.3) is 10.8 Å². The number of hydrogen-bond acceptors (Lipinski definition) is 2. The molecular formula is C12H13O3SSn. The van der Waals surface area contributed by atoms with E-state index in [0.717, 1.165) is 5.39 Å². The maximum absolute atomic E-state index is 11.3. The molecule has 2 aromatic carbocycles. The third-order valence-electron chi connectivity index (χ3n) is 2.70. The predicted molar refractivity (Wildman–Crippen MR) is 70.9 cm³/mol.